The van der Waals surface area contributed by atoms with Crippen molar-refractivity contribution in [2.45, 2.75) is 57.1 Å². The highest BCUT2D eigenvalue weighted by Crippen LogP contribution is 2.28. The molecule has 8 nitrogen and oxygen atoms in total. The van der Waals surface area contributed by atoms with Crippen molar-refractivity contribution in [3.63, 3.8) is 0 Å². The number of benzene rings is 4. The topological polar surface area (TPSA) is 96.0 Å². The van der Waals surface area contributed by atoms with Crippen molar-refractivity contribution in [1.29, 1.82) is 0 Å². The van der Waals surface area contributed by atoms with Gasteiger partial charge in [-0.2, -0.15) is 0 Å². The first kappa shape index (κ1) is 36.7. The smallest absolute Gasteiger partial charge is 0.264 e. The predicted octanol–water partition coefficient (Wildman–Crippen LogP) is 7.28. The molecule has 4 rings (SSSR count). The molecule has 0 aliphatic heterocycles. The fourth-order valence-electron chi connectivity index (χ4n) is 4.97. The second-order valence-electron chi connectivity index (χ2n) is 11.2. The standard InChI is InChI=1S/C36H38Cl2FN3O5S/c1-4-25(3)40-36(44)34(21-26-9-7-6-8-10-26)41(23-27-11-12-28(37)22-33(27)38)35(43)24-42(30-15-17-31(18-16-30)47-5-2)48(45,46)32-19-13-29(39)14-20-32/h6-20,22,25,34H,4-5,21,23-24H2,1-3H3,(H,40,44)/t25-,34+/m0/s1. The fourth-order valence-corrected chi connectivity index (χ4v) is 6.85. The second kappa shape index (κ2) is 16.8. The molecule has 0 aliphatic carbocycles. The van der Waals surface area contributed by atoms with Gasteiger partial charge in [0, 0.05) is 29.1 Å². The summed E-state index contributed by atoms with van der Waals surface area (Å²) in [6.07, 6.45) is 0.802. The van der Waals surface area contributed by atoms with Crippen molar-refractivity contribution in [2.75, 3.05) is 17.5 Å². The molecule has 4 aromatic rings. The maximum Gasteiger partial charge on any atom is 0.264 e. The first-order chi connectivity index (χ1) is 22.9. The Labute approximate surface area is 291 Å². The van der Waals surface area contributed by atoms with Crippen LogP contribution in [0.4, 0.5) is 10.1 Å². The van der Waals surface area contributed by atoms with Gasteiger partial charge in [-0.15, -0.1) is 0 Å². The van der Waals surface area contributed by atoms with Gasteiger partial charge in [0.05, 0.1) is 17.2 Å². The summed E-state index contributed by atoms with van der Waals surface area (Å²) >= 11 is 12.7. The lowest BCUT2D eigenvalue weighted by molar-refractivity contribution is -0.140. The van der Waals surface area contributed by atoms with E-state index in [1.165, 1.54) is 23.1 Å². The van der Waals surface area contributed by atoms with Crippen LogP contribution < -0.4 is 14.4 Å². The van der Waals surface area contributed by atoms with Crippen LogP contribution in [0.15, 0.2) is 102 Å². The van der Waals surface area contributed by atoms with Gasteiger partial charge in [0.1, 0.15) is 24.2 Å². The normalized spacial score (nSPS) is 12.5. The van der Waals surface area contributed by atoms with Gasteiger partial charge in [0.15, 0.2) is 0 Å². The van der Waals surface area contributed by atoms with E-state index in [-0.39, 0.29) is 34.6 Å². The molecular formula is C36H38Cl2FN3O5S. The fraction of sp³-hybridized carbons (Fsp3) is 0.278. The molecule has 12 heteroatoms. The molecule has 254 valence electrons. The minimum absolute atomic E-state index is 0.117. The van der Waals surface area contributed by atoms with Crippen molar-refractivity contribution in [1.82, 2.24) is 10.2 Å². The van der Waals surface area contributed by atoms with E-state index in [0.29, 0.717) is 29.4 Å². The van der Waals surface area contributed by atoms with Crippen molar-refractivity contribution >= 4 is 50.7 Å². The Hall–Kier alpha value is -4.12. The van der Waals surface area contributed by atoms with E-state index >= 15 is 0 Å². The summed E-state index contributed by atoms with van der Waals surface area (Å²) in [6.45, 7) is 5.22. The van der Waals surface area contributed by atoms with Crippen LogP contribution in [0, 0.1) is 5.82 Å². The summed E-state index contributed by atoms with van der Waals surface area (Å²) in [5.41, 5.74) is 1.48. The number of carbonyl (C=O) groups excluding carboxylic acids is 2. The highest BCUT2D eigenvalue weighted by atomic mass is 35.5. The number of sulfonamides is 1. The number of carbonyl (C=O) groups is 2. The zero-order valence-corrected chi connectivity index (χ0v) is 29.2. The number of rotatable bonds is 15. The molecular weight excluding hydrogens is 676 g/mol. The summed E-state index contributed by atoms with van der Waals surface area (Å²) in [6, 6.07) is 23.4. The van der Waals surface area contributed by atoms with Crippen LogP contribution in [0.1, 0.15) is 38.3 Å². The monoisotopic (exact) mass is 713 g/mol. The number of nitrogens with one attached hydrogen (secondary N) is 1. The third-order valence-corrected chi connectivity index (χ3v) is 10.1. The average molecular weight is 715 g/mol. The number of amides is 2. The third kappa shape index (κ3) is 9.49. The molecule has 0 radical (unpaired) electrons. The molecule has 0 spiro atoms. The molecule has 0 unspecified atom stereocenters. The Balaban J connectivity index is 1.83. The van der Waals surface area contributed by atoms with Gasteiger partial charge in [-0.3, -0.25) is 13.9 Å². The van der Waals surface area contributed by atoms with E-state index in [1.807, 2.05) is 51.1 Å². The van der Waals surface area contributed by atoms with E-state index in [9.17, 15) is 22.4 Å². The number of ether oxygens (including phenoxy) is 1. The molecule has 0 bridgehead atoms. The maximum atomic E-state index is 14.6. The number of anilines is 1. The molecule has 0 aromatic heterocycles. The Kier molecular flexibility index (Phi) is 12.9. The van der Waals surface area contributed by atoms with Crippen LogP contribution in [-0.2, 0) is 32.6 Å². The Morgan fingerprint density at radius 2 is 1.58 bits per heavy atom. The first-order valence-corrected chi connectivity index (χ1v) is 17.7. The summed E-state index contributed by atoms with van der Waals surface area (Å²) < 4.78 is 48.6. The number of hydrogen-bond donors (Lipinski definition) is 1. The van der Waals surface area contributed by atoms with Crippen molar-refractivity contribution in [3.8, 4) is 5.75 Å². The highest BCUT2D eigenvalue weighted by Gasteiger charge is 2.35. The molecule has 0 aliphatic rings. The van der Waals surface area contributed by atoms with Crippen LogP contribution >= 0.6 is 23.2 Å². The van der Waals surface area contributed by atoms with Gasteiger partial charge in [0.25, 0.3) is 10.0 Å². The molecule has 0 saturated carbocycles. The van der Waals surface area contributed by atoms with Crippen LogP contribution in [0.3, 0.4) is 0 Å². The zero-order valence-electron chi connectivity index (χ0n) is 26.9. The molecule has 0 saturated heterocycles. The lowest BCUT2D eigenvalue weighted by atomic mass is 10.0. The van der Waals surface area contributed by atoms with E-state index in [2.05, 4.69) is 5.32 Å². The molecule has 0 heterocycles. The molecule has 2 atom stereocenters. The molecule has 4 aromatic carbocycles. The summed E-state index contributed by atoms with van der Waals surface area (Å²) in [7, 11) is -4.40. The first-order valence-electron chi connectivity index (χ1n) is 15.5. The molecule has 0 fully saturated rings. The van der Waals surface area contributed by atoms with Gasteiger partial charge < -0.3 is 15.0 Å². The van der Waals surface area contributed by atoms with Crippen molar-refractivity contribution < 1.29 is 27.1 Å². The van der Waals surface area contributed by atoms with Crippen LogP contribution in [0.5, 0.6) is 5.75 Å². The molecule has 1 N–H and O–H groups in total. The van der Waals surface area contributed by atoms with Crippen molar-refractivity contribution in [3.05, 3.63) is 124 Å². The van der Waals surface area contributed by atoms with Gasteiger partial charge in [-0.25, -0.2) is 12.8 Å². The Bertz CT molecular complexity index is 1790. The van der Waals surface area contributed by atoms with E-state index in [1.54, 1.807) is 24.3 Å². The maximum absolute atomic E-state index is 14.6. The van der Waals surface area contributed by atoms with Gasteiger partial charge in [-0.1, -0.05) is 66.5 Å². The number of halogens is 3. The lowest BCUT2D eigenvalue weighted by Crippen LogP contribution is -2.54. The van der Waals surface area contributed by atoms with Crippen molar-refractivity contribution in [2.24, 2.45) is 0 Å². The SMILES string of the molecule is CCOc1ccc(N(CC(=O)N(Cc2ccc(Cl)cc2Cl)[C@H](Cc2ccccc2)C(=O)N[C@@H](C)CC)S(=O)(=O)c2ccc(F)cc2)cc1. The van der Waals surface area contributed by atoms with Crippen LogP contribution in [-0.4, -0.2) is 50.4 Å². The second-order valence-corrected chi connectivity index (χ2v) is 13.9. The largest absolute Gasteiger partial charge is 0.494 e. The Morgan fingerprint density at radius 1 is 0.917 bits per heavy atom. The van der Waals surface area contributed by atoms with E-state index < -0.39 is 40.2 Å². The summed E-state index contributed by atoms with van der Waals surface area (Å²) in [5, 5.41) is 3.66. The quantitative estimate of drug-likeness (QED) is 0.140. The molecule has 2 amide bonds. The summed E-state index contributed by atoms with van der Waals surface area (Å²) in [5.74, 6) is -1.17. The summed E-state index contributed by atoms with van der Waals surface area (Å²) in [4.78, 5) is 29.7. The Morgan fingerprint density at radius 3 is 2.19 bits per heavy atom. The lowest BCUT2D eigenvalue weighted by Gasteiger charge is -2.34. The third-order valence-electron chi connectivity index (χ3n) is 7.74. The zero-order chi connectivity index (χ0) is 34.8. The average Bonchev–Trinajstić information content (AvgIpc) is 3.07. The van der Waals surface area contributed by atoms with E-state index in [0.717, 1.165) is 34.1 Å². The number of hydrogen-bond acceptors (Lipinski definition) is 5. The minimum Gasteiger partial charge on any atom is -0.494 e. The van der Waals surface area contributed by atoms with Gasteiger partial charge in [0.2, 0.25) is 11.8 Å². The number of nitrogens with zero attached hydrogens (tertiary/aromatic N) is 2. The predicted molar refractivity (Wildman–Crippen MR) is 187 cm³/mol. The van der Waals surface area contributed by atoms with E-state index in [4.69, 9.17) is 27.9 Å². The highest BCUT2D eigenvalue weighted by molar-refractivity contribution is 7.92. The minimum atomic E-state index is -4.40. The van der Waals surface area contributed by atoms with Gasteiger partial charge in [-0.05, 0) is 92.1 Å². The van der Waals surface area contributed by atoms with Crippen LogP contribution in [0.2, 0.25) is 10.0 Å². The van der Waals surface area contributed by atoms with Gasteiger partial charge >= 0.3 is 0 Å². The molecule has 48 heavy (non-hydrogen) atoms. The van der Waals surface area contributed by atoms with Crippen LogP contribution in [0.25, 0.3) is 0 Å².